The molecule has 2 atom stereocenters. The quantitative estimate of drug-likeness (QED) is 0.717. The largest absolute Gasteiger partial charge is 0.490 e. The Hall–Kier alpha value is -0.760. The first-order chi connectivity index (χ1) is 7.25. The summed E-state index contributed by atoms with van der Waals surface area (Å²) in [7, 11) is 0. The Morgan fingerprint density at radius 1 is 1.40 bits per heavy atom. The lowest BCUT2D eigenvalue weighted by molar-refractivity contribution is 0.102. The van der Waals surface area contributed by atoms with E-state index in [1.54, 1.807) is 12.3 Å². The van der Waals surface area contributed by atoms with Crippen LogP contribution in [-0.2, 0) is 0 Å². The van der Waals surface area contributed by atoms with E-state index in [0.29, 0.717) is 17.2 Å². The van der Waals surface area contributed by atoms with Crippen LogP contribution in [0.1, 0.15) is 32.6 Å². The summed E-state index contributed by atoms with van der Waals surface area (Å²) in [6, 6.07) is 3.65. The molecule has 0 N–H and O–H groups in total. The molecule has 0 aromatic carbocycles. The molecule has 1 aliphatic rings. The van der Waals surface area contributed by atoms with Crippen molar-refractivity contribution in [1.82, 2.24) is 4.98 Å². The van der Waals surface area contributed by atoms with Crippen LogP contribution in [-0.4, -0.2) is 11.1 Å². The molecule has 0 aliphatic heterocycles. The van der Waals surface area contributed by atoms with Crippen molar-refractivity contribution in [2.75, 3.05) is 0 Å². The predicted octanol–water partition coefficient (Wildman–Crippen LogP) is 3.69. The van der Waals surface area contributed by atoms with Gasteiger partial charge in [0.1, 0.15) is 17.0 Å². The van der Waals surface area contributed by atoms with Gasteiger partial charge in [0, 0.05) is 12.3 Å². The summed E-state index contributed by atoms with van der Waals surface area (Å²) >= 11 is 5.81. The van der Waals surface area contributed by atoms with Crippen molar-refractivity contribution in [2.24, 2.45) is 5.92 Å². The van der Waals surface area contributed by atoms with Gasteiger partial charge in [0.25, 0.3) is 0 Å². The van der Waals surface area contributed by atoms with Crippen LogP contribution in [0, 0.1) is 5.92 Å². The Labute approximate surface area is 95.6 Å². The first-order valence-corrected chi connectivity index (χ1v) is 5.92. The van der Waals surface area contributed by atoms with E-state index in [0.717, 1.165) is 12.2 Å². The highest BCUT2D eigenvalue weighted by molar-refractivity contribution is 6.29. The topological polar surface area (TPSA) is 22.1 Å². The molecule has 2 nitrogen and oxygen atoms in total. The minimum absolute atomic E-state index is 0.345. The first kappa shape index (κ1) is 10.7. The highest BCUT2D eigenvalue weighted by atomic mass is 35.5. The molecule has 82 valence electrons. The molecule has 2 rings (SSSR count). The Morgan fingerprint density at radius 2 is 2.20 bits per heavy atom. The molecule has 2 unspecified atom stereocenters. The molecule has 3 heteroatoms. The van der Waals surface area contributed by atoms with Gasteiger partial charge >= 0.3 is 0 Å². The summed E-state index contributed by atoms with van der Waals surface area (Å²) in [5, 5.41) is 0.496. The molecular formula is C12H16ClNO. The van der Waals surface area contributed by atoms with Gasteiger partial charge in [-0.25, -0.2) is 4.98 Å². The number of rotatable bonds is 2. The molecule has 1 aliphatic carbocycles. The van der Waals surface area contributed by atoms with Crippen molar-refractivity contribution in [2.45, 2.75) is 38.7 Å². The fraction of sp³-hybridized carbons (Fsp3) is 0.583. The second-order valence-corrected chi connectivity index (χ2v) is 4.62. The number of hydrogen-bond acceptors (Lipinski definition) is 2. The van der Waals surface area contributed by atoms with Gasteiger partial charge < -0.3 is 4.74 Å². The average Bonchev–Trinajstić information content (AvgIpc) is 2.22. The second kappa shape index (κ2) is 4.84. The molecule has 0 spiro atoms. The highest BCUT2D eigenvalue weighted by Crippen LogP contribution is 2.28. The molecule has 1 heterocycles. The standard InChI is InChI=1S/C12H16ClNO/c1-9-4-2-3-5-11(9)15-10-6-7-14-12(13)8-10/h6-9,11H,2-5H2,1H3. The third-order valence-electron chi connectivity index (χ3n) is 3.02. The van der Waals surface area contributed by atoms with Crippen LogP contribution in [0.4, 0.5) is 0 Å². The van der Waals surface area contributed by atoms with E-state index in [4.69, 9.17) is 16.3 Å². The second-order valence-electron chi connectivity index (χ2n) is 4.23. The maximum Gasteiger partial charge on any atom is 0.132 e. The van der Waals surface area contributed by atoms with Crippen LogP contribution < -0.4 is 4.74 Å². The Morgan fingerprint density at radius 3 is 2.93 bits per heavy atom. The van der Waals surface area contributed by atoms with Gasteiger partial charge in [-0.15, -0.1) is 0 Å². The summed E-state index contributed by atoms with van der Waals surface area (Å²) in [5.41, 5.74) is 0. The van der Waals surface area contributed by atoms with E-state index in [2.05, 4.69) is 11.9 Å². The van der Waals surface area contributed by atoms with E-state index < -0.39 is 0 Å². The van der Waals surface area contributed by atoms with E-state index in [1.807, 2.05) is 6.07 Å². The molecule has 1 aromatic rings. The lowest BCUT2D eigenvalue weighted by atomic mass is 9.88. The maximum atomic E-state index is 5.92. The van der Waals surface area contributed by atoms with E-state index in [1.165, 1.54) is 19.3 Å². The number of nitrogens with zero attached hydrogens (tertiary/aromatic N) is 1. The highest BCUT2D eigenvalue weighted by Gasteiger charge is 2.22. The Balaban J connectivity index is 2.01. The lowest BCUT2D eigenvalue weighted by Crippen LogP contribution is -2.28. The van der Waals surface area contributed by atoms with Crippen molar-refractivity contribution < 1.29 is 4.74 Å². The number of ether oxygens (including phenoxy) is 1. The SMILES string of the molecule is CC1CCCCC1Oc1ccnc(Cl)c1. The smallest absolute Gasteiger partial charge is 0.132 e. The average molecular weight is 226 g/mol. The van der Waals surface area contributed by atoms with E-state index in [-0.39, 0.29) is 0 Å². The zero-order valence-corrected chi connectivity index (χ0v) is 9.70. The summed E-state index contributed by atoms with van der Waals surface area (Å²) in [4.78, 5) is 3.94. The van der Waals surface area contributed by atoms with Crippen LogP contribution >= 0.6 is 11.6 Å². The monoisotopic (exact) mass is 225 g/mol. The molecular weight excluding hydrogens is 210 g/mol. The normalized spacial score (nSPS) is 26.3. The first-order valence-electron chi connectivity index (χ1n) is 5.54. The van der Waals surface area contributed by atoms with Gasteiger partial charge in [-0.05, 0) is 31.2 Å². The summed E-state index contributed by atoms with van der Waals surface area (Å²) in [6.07, 6.45) is 7.05. The molecule has 1 saturated carbocycles. The summed E-state index contributed by atoms with van der Waals surface area (Å²) in [5.74, 6) is 1.49. The van der Waals surface area contributed by atoms with Crippen LogP contribution in [0.2, 0.25) is 5.15 Å². The summed E-state index contributed by atoms with van der Waals surface area (Å²) in [6.45, 7) is 2.26. The van der Waals surface area contributed by atoms with Crippen molar-refractivity contribution in [3.8, 4) is 5.75 Å². The van der Waals surface area contributed by atoms with Gasteiger partial charge in [0.2, 0.25) is 0 Å². The minimum Gasteiger partial charge on any atom is -0.490 e. The fourth-order valence-electron chi connectivity index (χ4n) is 2.09. The third-order valence-corrected chi connectivity index (χ3v) is 3.22. The maximum absolute atomic E-state index is 5.92. The predicted molar refractivity (Wildman–Crippen MR) is 61.3 cm³/mol. The molecule has 0 saturated heterocycles. The van der Waals surface area contributed by atoms with Crippen molar-refractivity contribution in [3.05, 3.63) is 23.5 Å². The van der Waals surface area contributed by atoms with Crippen LogP contribution in [0.15, 0.2) is 18.3 Å². The van der Waals surface area contributed by atoms with E-state index in [9.17, 15) is 0 Å². The van der Waals surface area contributed by atoms with Crippen molar-refractivity contribution >= 4 is 11.6 Å². The zero-order valence-electron chi connectivity index (χ0n) is 8.95. The zero-order chi connectivity index (χ0) is 10.7. The number of hydrogen-bond donors (Lipinski definition) is 0. The number of pyridine rings is 1. The molecule has 0 radical (unpaired) electrons. The van der Waals surface area contributed by atoms with Crippen LogP contribution in [0.5, 0.6) is 5.75 Å². The van der Waals surface area contributed by atoms with Gasteiger partial charge in [0.15, 0.2) is 0 Å². The molecule has 1 fully saturated rings. The minimum atomic E-state index is 0.345. The summed E-state index contributed by atoms with van der Waals surface area (Å²) < 4.78 is 5.92. The van der Waals surface area contributed by atoms with Gasteiger partial charge in [-0.2, -0.15) is 0 Å². The molecule has 0 amide bonds. The van der Waals surface area contributed by atoms with E-state index >= 15 is 0 Å². The van der Waals surface area contributed by atoms with Gasteiger partial charge in [-0.1, -0.05) is 24.9 Å². The van der Waals surface area contributed by atoms with Gasteiger partial charge in [0.05, 0.1) is 0 Å². The van der Waals surface area contributed by atoms with Gasteiger partial charge in [-0.3, -0.25) is 0 Å². The molecule has 15 heavy (non-hydrogen) atoms. The third kappa shape index (κ3) is 2.85. The molecule has 1 aromatic heterocycles. The lowest BCUT2D eigenvalue weighted by Gasteiger charge is -2.29. The number of aromatic nitrogens is 1. The fourth-order valence-corrected chi connectivity index (χ4v) is 2.25. The van der Waals surface area contributed by atoms with Crippen LogP contribution in [0.3, 0.4) is 0 Å². The molecule has 0 bridgehead atoms. The van der Waals surface area contributed by atoms with Crippen LogP contribution in [0.25, 0.3) is 0 Å². The number of halogens is 1. The Bertz CT molecular complexity index is 329. The van der Waals surface area contributed by atoms with Crippen molar-refractivity contribution in [1.29, 1.82) is 0 Å². The Kier molecular flexibility index (Phi) is 3.47. The van der Waals surface area contributed by atoms with Crippen molar-refractivity contribution in [3.63, 3.8) is 0 Å².